The molecule has 0 saturated carbocycles. The van der Waals surface area contributed by atoms with E-state index in [0.717, 1.165) is 48.5 Å². The number of likely N-dealkylation sites (N-methyl/N-ethyl adjacent to an activating group) is 1. The van der Waals surface area contributed by atoms with Crippen LogP contribution in [0.5, 0.6) is 11.5 Å². The van der Waals surface area contributed by atoms with Gasteiger partial charge in [-0.3, -0.25) is 4.79 Å². The number of likely N-dealkylation sites (tertiary alicyclic amines) is 1. The van der Waals surface area contributed by atoms with Crippen LogP contribution in [0.15, 0.2) is 42.5 Å². The number of hydrogen-bond donors (Lipinski definition) is 1. The van der Waals surface area contributed by atoms with Gasteiger partial charge in [-0.1, -0.05) is 24.3 Å². The Bertz CT molecular complexity index is 967. The van der Waals surface area contributed by atoms with Crippen LogP contribution in [0.4, 0.5) is 5.69 Å². The number of β-amino-alcohol motifs (C(OH)–C–C–N with tert-alkyl or cyclic N) is 1. The molecule has 1 N–H and O–H groups in total. The Morgan fingerprint density at radius 3 is 2.73 bits per heavy atom. The SMILES string of the molecule is Cc1ccc2c(c1)OCC(C(O)CN1CCC3(CC1)C(=O)N(C)c1ccccc13)O2. The van der Waals surface area contributed by atoms with Crippen LogP contribution < -0.4 is 14.4 Å². The van der Waals surface area contributed by atoms with Gasteiger partial charge in [0.05, 0.1) is 5.41 Å². The fourth-order valence-electron chi connectivity index (χ4n) is 5.08. The molecule has 1 fully saturated rings. The molecule has 2 aromatic carbocycles. The highest BCUT2D eigenvalue weighted by Gasteiger charge is 2.50. The van der Waals surface area contributed by atoms with Gasteiger partial charge in [0.2, 0.25) is 5.91 Å². The second-order valence-electron chi connectivity index (χ2n) is 8.75. The highest BCUT2D eigenvalue weighted by molar-refractivity contribution is 6.07. The number of para-hydroxylation sites is 1. The van der Waals surface area contributed by atoms with Crippen LogP contribution in [0.25, 0.3) is 0 Å². The van der Waals surface area contributed by atoms with Crippen molar-refractivity contribution in [3.05, 3.63) is 53.6 Å². The Balaban J connectivity index is 1.23. The predicted octanol–water partition coefficient (Wildman–Crippen LogP) is 2.51. The third-order valence-electron chi connectivity index (χ3n) is 6.86. The number of benzene rings is 2. The van der Waals surface area contributed by atoms with Crippen molar-refractivity contribution in [3.63, 3.8) is 0 Å². The third kappa shape index (κ3) is 3.06. The molecular formula is C24H28N2O4. The molecule has 6 heteroatoms. The minimum atomic E-state index is -0.650. The van der Waals surface area contributed by atoms with Gasteiger partial charge in [0.15, 0.2) is 17.6 Å². The summed E-state index contributed by atoms with van der Waals surface area (Å²) >= 11 is 0. The van der Waals surface area contributed by atoms with E-state index in [1.807, 2.05) is 50.4 Å². The maximum atomic E-state index is 13.1. The van der Waals surface area contributed by atoms with E-state index >= 15 is 0 Å². The van der Waals surface area contributed by atoms with Crippen molar-refractivity contribution in [3.8, 4) is 11.5 Å². The van der Waals surface area contributed by atoms with E-state index in [1.54, 1.807) is 4.90 Å². The Kier molecular flexibility index (Phi) is 4.71. The lowest BCUT2D eigenvalue weighted by atomic mass is 9.73. The molecule has 0 aromatic heterocycles. The summed E-state index contributed by atoms with van der Waals surface area (Å²) in [4.78, 5) is 17.1. The van der Waals surface area contributed by atoms with Crippen LogP contribution in [0.2, 0.25) is 0 Å². The quantitative estimate of drug-likeness (QED) is 0.846. The number of aliphatic hydroxyl groups excluding tert-OH is 1. The summed E-state index contributed by atoms with van der Waals surface area (Å²) in [6, 6.07) is 13.9. The zero-order chi connectivity index (χ0) is 20.9. The minimum absolute atomic E-state index is 0.194. The fourth-order valence-corrected chi connectivity index (χ4v) is 5.08. The number of hydrogen-bond acceptors (Lipinski definition) is 5. The highest BCUT2D eigenvalue weighted by atomic mass is 16.6. The number of carbonyl (C=O) groups is 1. The van der Waals surface area contributed by atoms with Gasteiger partial charge >= 0.3 is 0 Å². The summed E-state index contributed by atoms with van der Waals surface area (Å²) in [5.41, 5.74) is 2.87. The van der Waals surface area contributed by atoms with Crippen LogP contribution in [-0.4, -0.2) is 61.4 Å². The van der Waals surface area contributed by atoms with E-state index < -0.39 is 17.6 Å². The van der Waals surface area contributed by atoms with Crippen molar-refractivity contribution < 1.29 is 19.4 Å². The lowest BCUT2D eigenvalue weighted by Gasteiger charge is -2.40. The van der Waals surface area contributed by atoms with E-state index in [4.69, 9.17) is 9.47 Å². The van der Waals surface area contributed by atoms with Crippen LogP contribution in [0.3, 0.4) is 0 Å². The number of nitrogens with zero attached hydrogens (tertiary/aromatic N) is 2. The van der Waals surface area contributed by atoms with Crippen LogP contribution in [0.1, 0.15) is 24.0 Å². The maximum Gasteiger partial charge on any atom is 0.237 e. The van der Waals surface area contributed by atoms with Crippen molar-refractivity contribution in [2.45, 2.75) is 37.4 Å². The van der Waals surface area contributed by atoms with Crippen molar-refractivity contribution in [1.82, 2.24) is 4.90 Å². The minimum Gasteiger partial charge on any atom is -0.486 e. The van der Waals surface area contributed by atoms with Gasteiger partial charge in [-0.2, -0.15) is 0 Å². The summed E-state index contributed by atoms with van der Waals surface area (Å²) in [5, 5.41) is 10.8. The van der Waals surface area contributed by atoms with Crippen LogP contribution in [0, 0.1) is 6.92 Å². The molecule has 30 heavy (non-hydrogen) atoms. The van der Waals surface area contributed by atoms with Gasteiger partial charge in [0, 0.05) is 19.3 Å². The third-order valence-corrected chi connectivity index (χ3v) is 6.86. The normalized spacial score (nSPS) is 23.5. The van der Waals surface area contributed by atoms with Crippen molar-refractivity contribution in [2.24, 2.45) is 0 Å². The molecule has 0 bridgehead atoms. The Morgan fingerprint density at radius 2 is 1.93 bits per heavy atom. The van der Waals surface area contributed by atoms with E-state index in [1.165, 1.54) is 0 Å². The number of fused-ring (bicyclic) bond motifs is 3. The zero-order valence-corrected chi connectivity index (χ0v) is 17.5. The largest absolute Gasteiger partial charge is 0.486 e. The maximum absolute atomic E-state index is 13.1. The van der Waals surface area contributed by atoms with E-state index in [9.17, 15) is 9.90 Å². The van der Waals surface area contributed by atoms with Gasteiger partial charge in [-0.05, 0) is 62.2 Å². The summed E-state index contributed by atoms with van der Waals surface area (Å²) in [5.74, 6) is 1.62. The van der Waals surface area contributed by atoms with Gasteiger partial charge in [-0.15, -0.1) is 0 Å². The number of rotatable bonds is 3. The van der Waals surface area contributed by atoms with Crippen molar-refractivity contribution >= 4 is 11.6 Å². The molecule has 0 aliphatic carbocycles. The molecule has 5 rings (SSSR count). The van der Waals surface area contributed by atoms with E-state index in [0.29, 0.717) is 18.9 Å². The molecular weight excluding hydrogens is 380 g/mol. The topological polar surface area (TPSA) is 62.2 Å². The number of amides is 1. The number of piperidine rings is 1. The molecule has 2 unspecified atom stereocenters. The van der Waals surface area contributed by atoms with E-state index in [2.05, 4.69) is 11.0 Å². The van der Waals surface area contributed by atoms with Crippen LogP contribution in [-0.2, 0) is 10.2 Å². The molecule has 0 radical (unpaired) electrons. The van der Waals surface area contributed by atoms with Crippen molar-refractivity contribution in [2.75, 3.05) is 38.2 Å². The first-order valence-electron chi connectivity index (χ1n) is 10.7. The summed E-state index contributed by atoms with van der Waals surface area (Å²) in [6.45, 7) is 4.41. The molecule has 3 heterocycles. The number of ether oxygens (including phenoxy) is 2. The first-order valence-corrected chi connectivity index (χ1v) is 10.7. The Morgan fingerprint density at radius 1 is 1.17 bits per heavy atom. The number of aryl methyl sites for hydroxylation is 1. The average molecular weight is 408 g/mol. The van der Waals surface area contributed by atoms with Crippen LogP contribution >= 0.6 is 0 Å². The number of carbonyl (C=O) groups excluding carboxylic acids is 1. The Hall–Kier alpha value is -2.57. The fraction of sp³-hybridized carbons (Fsp3) is 0.458. The molecule has 1 spiro atoms. The highest BCUT2D eigenvalue weighted by Crippen LogP contribution is 2.47. The molecule has 1 amide bonds. The molecule has 2 atom stereocenters. The standard InChI is InChI=1S/C24H28N2O4/c1-16-7-8-20-21(13-16)29-15-22(30-20)19(27)14-26-11-9-24(10-12-26)17-5-3-4-6-18(17)25(2)23(24)28/h3-8,13,19,22,27H,9-12,14-15H2,1-2H3. The monoisotopic (exact) mass is 408 g/mol. The lowest BCUT2D eigenvalue weighted by Crippen LogP contribution is -2.52. The molecule has 3 aliphatic heterocycles. The number of aliphatic hydroxyl groups is 1. The summed E-state index contributed by atoms with van der Waals surface area (Å²) < 4.78 is 11.8. The molecule has 1 saturated heterocycles. The first kappa shape index (κ1) is 19.4. The molecule has 2 aromatic rings. The lowest BCUT2D eigenvalue weighted by molar-refractivity contribution is -0.124. The second kappa shape index (κ2) is 7.29. The average Bonchev–Trinajstić information content (AvgIpc) is 2.97. The van der Waals surface area contributed by atoms with Crippen molar-refractivity contribution in [1.29, 1.82) is 0 Å². The van der Waals surface area contributed by atoms with E-state index in [-0.39, 0.29) is 5.91 Å². The van der Waals surface area contributed by atoms with Gasteiger partial charge in [0.1, 0.15) is 12.7 Å². The van der Waals surface area contributed by atoms with Gasteiger partial charge < -0.3 is 24.4 Å². The molecule has 3 aliphatic rings. The first-order chi connectivity index (χ1) is 14.5. The summed E-state index contributed by atoms with van der Waals surface area (Å²) in [6.07, 6.45) is 0.493. The van der Waals surface area contributed by atoms with Gasteiger partial charge in [0.25, 0.3) is 0 Å². The predicted molar refractivity (Wildman–Crippen MR) is 114 cm³/mol. The molecule has 158 valence electrons. The Labute approximate surface area is 177 Å². The molecule has 6 nitrogen and oxygen atoms in total. The summed E-state index contributed by atoms with van der Waals surface area (Å²) in [7, 11) is 1.87. The zero-order valence-electron chi connectivity index (χ0n) is 17.5. The second-order valence-corrected chi connectivity index (χ2v) is 8.75. The van der Waals surface area contributed by atoms with Gasteiger partial charge in [-0.25, -0.2) is 0 Å². The smallest absolute Gasteiger partial charge is 0.237 e. The number of anilines is 1.